The Morgan fingerprint density at radius 2 is 0.833 bits per heavy atom. The van der Waals surface area contributed by atoms with Crippen LogP contribution in [0.15, 0.2) is 24.8 Å². The highest BCUT2D eigenvalue weighted by molar-refractivity contribution is 7.80. The van der Waals surface area contributed by atoms with Gasteiger partial charge in [-0.3, -0.25) is 0 Å². The molecule has 0 bridgehead atoms. The van der Waals surface area contributed by atoms with Crippen molar-refractivity contribution in [2.75, 3.05) is 11.5 Å². The van der Waals surface area contributed by atoms with E-state index in [0.717, 1.165) is 37.4 Å². The predicted octanol–water partition coefficient (Wildman–Crippen LogP) is 8.18. The number of ether oxygens (including phenoxy) is 2. The summed E-state index contributed by atoms with van der Waals surface area (Å²) < 4.78 is 19.0. The zero-order valence-electron chi connectivity index (χ0n) is 26.7. The van der Waals surface area contributed by atoms with Crippen molar-refractivity contribution in [3.05, 3.63) is 24.8 Å². The van der Waals surface area contributed by atoms with Gasteiger partial charge in [0, 0.05) is 0 Å². The zero-order chi connectivity index (χ0) is 30.3. The molecule has 0 aliphatic heterocycles. The number of unbranched alkanes of at least 4 members (excludes halogenated alkanes) is 18. The number of imidazole rings is 2. The molecule has 0 N–H and O–H groups in total. The minimum Gasteiger partial charge on any atom is -0.323 e. The summed E-state index contributed by atoms with van der Waals surface area (Å²) in [7, 11) is 3.78. The van der Waals surface area contributed by atoms with Crippen molar-refractivity contribution in [1.82, 2.24) is 9.13 Å². The topological polar surface area (TPSA) is 53.2 Å². The lowest BCUT2D eigenvalue weighted by molar-refractivity contribution is -0.677. The highest BCUT2D eigenvalue weighted by Gasteiger charge is 2.26. The summed E-state index contributed by atoms with van der Waals surface area (Å²) in [4.78, 5) is 12.8. The van der Waals surface area contributed by atoms with E-state index < -0.39 is 6.16 Å². The molecule has 0 atom stereocenters. The molecular formula is C33H60N4O3S2+2. The van der Waals surface area contributed by atoms with E-state index in [1.165, 1.54) is 116 Å². The van der Waals surface area contributed by atoms with Crippen LogP contribution < -0.4 is 18.6 Å². The Morgan fingerprint density at radius 1 is 0.548 bits per heavy atom. The molecule has 0 aromatic carbocycles. The number of thiol groups is 2. The normalized spacial score (nSPS) is 11.3. The smallest absolute Gasteiger partial charge is 0.323 e. The van der Waals surface area contributed by atoms with Crippen LogP contribution in [0, 0.1) is 0 Å². The van der Waals surface area contributed by atoms with Gasteiger partial charge in [0.15, 0.2) is 0 Å². The first kappa shape index (κ1) is 36.6. The molecule has 0 aliphatic carbocycles. The molecule has 42 heavy (non-hydrogen) atoms. The van der Waals surface area contributed by atoms with Gasteiger partial charge in [0.05, 0.1) is 27.2 Å². The molecule has 7 nitrogen and oxygen atoms in total. The zero-order valence-corrected chi connectivity index (χ0v) is 28.5. The number of rotatable bonds is 26. The lowest BCUT2D eigenvalue weighted by atomic mass is 10.1. The van der Waals surface area contributed by atoms with Crippen molar-refractivity contribution in [3.63, 3.8) is 0 Å². The van der Waals surface area contributed by atoms with Crippen molar-refractivity contribution in [3.8, 4) is 12.0 Å². The van der Waals surface area contributed by atoms with E-state index in [9.17, 15) is 4.79 Å². The largest absolute Gasteiger partial charge is 0.530 e. The molecule has 0 aliphatic rings. The molecule has 0 unspecified atom stereocenters. The molecule has 240 valence electrons. The monoisotopic (exact) mass is 624 g/mol. The molecule has 2 heterocycles. The minimum absolute atomic E-state index is 0.503. The number of aryl methyl sites for hydroxylation is 4. The van der Waals surface area contributed by atoms with E-state index >= 15 is 0 Å². The fraction of sp³-hybridized carbons (Fsp3) is 0.788. The summed E-state index contributed by atoms with van der Waals surface area (Å²) in [5.41, 5.74) is 0. The van der Waals surface area contributed by atoms with E-state index in [1.807, 2.05) is 57.2 Å². The summed E-state index contributed by atoms with van der Waals surface area (Å²) in [5, 5.41) is 0. The summed E-state index contributed by atoms with van der Waals surface area (Å²) in [6.07, 6.45) is 32.6. The van der Waals surface area contributed by atoms with Gasteiger partial charge in [-0.15, -0.1) is 0 Å². The number of carbonyl (C=O) groups excluding carboxylic acids is 1. The fourth-order valence-corrected chi connectivity index (χ4v) is 5.86. The molecular weight excluding hydrogens is 565 g/mol. The van der Waals surface area contributed by atoms with Crippen molar-refractivity contribution in [2.45, 2.75) is 142 Å². The first-order chi connectivity index (χ1) is 20.6. The molecule has 9 heteroatoms. The van der Waals surface area contributed by atoms with Gasteiger partial charge in [0.25, 0.3) is 0 Å². The second-order valence-corrected chi connectivity index (χ2v) is 12.6. The number of hydrogen-bond acceptors (Lipinski definition) is 5. The van der Waals surface area contributed by atoms with Crippen LogP contribution in [-0.4, -0.2) is 26.8 Å². The molecule has 0 saturated heterocycles. The van der Waals surface area contributed by atoms with Crippen molar-refractivity contribution >= 4 is 31.4 Å². The molecule has 0 amide bonds. The van der Waals surface area contributed by atoms with Crippen molar-refractivity contribution in [2.24, 2.45) is 14.1 Å². The third-order valence-corrected chi connectivity index (χ3v) is 8.63. The Morgan fingerprint density at radius 3 is 1.14 bits per heavy atom. The number of carbonyl (C=O) groups is 1. The predicted molar refractivity (Wildman–Crippen MR) is 178 cm³/mol. The highest BCUT2D eigenvalue weighted by Crippen LogP contribution is 2.15. The molecule has 0 saturated carbocycles. The molecule has 2 aromatic rings. The summed E-state index contributed by atoms with van der Waals surface area (Å²) in [6, 6.07) is 1.01. The van der Waals surface area contributed by atoms with Crippen LogP contribution >= 0.6 is 25.3 Å². The molecule has 2 rings (SSSR count). The Labute approximate surface area is 267 Å². The SMILES string of the molecule is C[n+]1ccn(CCCCCCCCCCCCS)c1OC(=O)Oc1n(CCCCCCCCCCCCS)cc[n+]1C. The lowest BCUT2D eigenvalue weighted by Crippen LogP contribution is -2.35. The van der Waals surface area contributed by atoms with Gasteiger partial charge >= 0.3 is 18.2 Å². The fourth-order valence-electron chi connectivity index (χ4n) is 5.41. The highest BCUT2D eigenvalue weighted by atomic mass is 32.1. The summed E-state index contributed by atoms with van der Waals surface area (Å²) in [5.74, 6) is 2.02. The quantitative estimate of drug-likeness (QED) is 0.0480. The van der Waals surface area contributed by atoms with Crippen LogP contribution in [-0.2, 0) is 27.2 Å². The Balaban J connectivity index is 1.65. The second kappa shape index (κ2) is 23.8. The number of hydrogen-bond donors (Lipinski definition) is 2. The third kappa shape index (κ3) is 15.7. The van der Waals surface area contributed by atoms with E-state index in [-0.39, 0.29) is 0 Å². The van der Waals surface area contributed by atoms with Gasteiger partial charge < -0.3 is 9.47 Å². The van der Waals surface area contributed by atoms with Crippen LogP contribution in [0.4, 0.5) is 4.79 Å². The van der Waals surface area contributed by atoms with Crippen molar-refractivity contribution < 1.29 is 23.4 Å². The molecule has 0 radical (unpaired) electrons. The van der Waals surface area contributed by atoms with Crippen LogP contribution in [0.1, 0.15) is 128 Å². The van der Waals surface area contributed by atoms with E-state index in [1.54, 1.807) is 0 Å². The van der Waals surface area contributed by atoms with Gasteiger partial charge in [-0.1, -0.05) is 89.9 Å². The lowest BCUT2D eigenvalue weighted by Gasteiger charge is -2.05. The summed E-state index contributed by atoms with van der Waals surface area (Å²) >= 11 is 8.56. The molecule has 2 aromatic heterocycles. The Bertz CT molecular complexity index is 889. The van der Waals surface area contributed by atoms with Crippen LogP contribution in [0.3, 0.4) is 0 Å². The average molecular weight is 625 g/mol. The van der Waals surface area contributed by atoms with E-state index in [4.69, 9.17) is 9.47 Å². The van der Waals surface area contributed by atoms with Crippen molar-refractivity contribution in [1.29, 1.82) is 0 Å². The Kier molecular flexibility index (Phi) is 20.7. The van der Waals surface area contributed by atoms with Gasteiger partial charge in [0.1, 0.15) is 24.8 Å². The van der Waals surface area contributed by atoms with Crippen LogP contribution in [0.2, 0.25) is 0 Å². The standard InChI is InChI=1S/C33H58N4O3S2/c1-34-25-27-36(23-19-15-11-7-3-5-9-13-17-21-29-41)31(34)39-33(38)40-32-35(2)26-28-37(32)24-20-16-12-8-4-6-10-14-18-22-30-42/h25-28H,3-24,29-30H2,1-2H3/p+2. The second-order valence-electron chi connectivity index (χ2n) is 11.7. The average Bonchev–Trinajstić information content (AvgIpc) is 3.51. The third-order valence-electron chi connectivity index (χ3n) is 8.00. The van der Waals surface area contributed by atoms with Gasteiger partial charge in [-0.25, -0.2) is 4.79 Å². The maximum atomic E-state index is 12.8. The first-order valence-electron chi connectivity index (χ1n) is 16.8. The summed E-state index contributed by atoms with van der Waals surface area (Å²) in [6.45, 7) is 1.65. The number of nitrogens with zero attached hydrogens (tertiary/aromatic N) is 4. The van der Waals surface area contributed by atoms with Crippen LogP contribution in [0.5, 0.6) is 12.0 Å². The van der Waals surface area contributed by atoms with Crippen LogP contribution in [0.25, 0.3) is 0 Å². The van der Waals surface area contributed by atoms with Gasteiger partial charge in [-0.05, 0) is 50.0 Å². The minimum atomic E-state index is -0.704. The molecule has 0 fully saturated rings. The maximum Gasteiger partial charge on any atom is 0.530 e. The van der Waals surface area contributed by atoms with E-state index in [0.29, 0.717) is 12.0 Å². The van der Waals surface area contributed by atoms with Gasteiger partial charge in [0.2, 0.25) is 0 Å². The number of aromatic nitrogens is 4. The Hall–Kier alpha value is -1.61. The molecule has 0 spiro atoms. The van der Waals surface area contributed by atoms with E-state index in [2.05, 4.69) is 25.3 Å². The van der Waals surface area contributed by atoms with Gasteiger partial charge in [-0.2, -0.15) is 43.5 Å². The maximum absolute atomic E-state index is 12.8. The first-order valence-corrected chi connectivity index (χ1v) is 18.0.